The lowest BCUT2D eigenvalue weighted by Gasteiger charge is -2.16. The standard InChI is InChI=1S/C17H19N3O2/c1-12-3-2-6-19-16(12)17(22)20-10-14(15(21)11-20)9-13-4-7-18-8-5-13/h2-8,14-15,21H,9-11H2,1H3/t14-,15+/m1/s1. The van der Waals surface area contributed by atoms with Gasteiger partial charge in [0.05, 0.1) is 6.10 Å². The lowest BCUT2D eigenvalue weighted by molar-refractivity contribution is 0.0758. The molecule has 2 aromatic rings. The third kappa shape index (κ3) is 2.99. The highest BCUT2D eigenvalue weighted by Gasteiger charge is 2.35. The first-order valence-corrected chi connectivity index (χ1v) is 7.43. The van der Waals surface area contributed by atoms with Gasteiger partial charge in [0.25, 0.3) is 5.91 Å². The molecule has 5 heteroatoms. The van der Waals surface area contributed by atoms with Crippen LogP contribution in [0.25, 0.3) is 0 Å². The van der Waals surface area contributed by atoms with E-state index < -0.39 is 6.10 Å². The van der Waals surface area contributed by atoms with Crippen molar-refractivity contribution < 1.29 is 9.90 Å². The van der Waals surface area contributed by atoms with Gasteiger partial charge in [0.15, 0.2) is 0 Å². The number of rotatable bonds is 3. The zero-order chi connectivity index (χ0) is 15.5. The molecule has 0 spiro atoms. The van der Waals surface area contributed by atoms with Gasteiger partial charge >= 0.3 is 0 Å². The molecule has 2 aromatic heterocycles. The number of amides is 1. The minimum Gasteiger partial charge on any atom is -0.391 e. The fourth-order valence-electron chi connectivity index (χ4n) is 2.90. The van der Waals surface area contributed by atoms with Crippen LogP contribution in [0.3, 0.4) is 0 Å². The summed E-state index contributed by atoms with van der Waals surface area (Å²) in [5, 5.41) is 10.3. The number of hydrogen-bond donors (Lipinski definition) is 1. The van der Waals surface area contributed by atoms with E-state index in [4.69, 9.17) is 0 Å². The Morgan fingerprint density at radius 1 is 1.27 bits per heavy atom. The average molecular weight is 297 g/mol. The second-order valence-corrected chi connectivity index (χ2v) is 5.77. The number of carbonyl (C=O) groups excluding carboxylic acids is 1. The van der Waals surface area contributed by atoms with Crippen LogP contribution in [-0.4, -0.2) is 45.1 Å². The van der Waals surface area contributed by atoms with Crippen molar-refractivity contribution >= 4 is 5.91 Å². The molecule has 1 N–H and O–H groups in total. The summed E-state index contributed by atoms with van der Waals surface area (Å²) in [5.41, 5.74) is 2.46. The summed E-state index contributed by atoms with van der Waals surface area (Å²) in [7, 11) is 0. The maximum atomic E-state index is 12.6. The van der Waals surface area contributed by atoms with Crippen LogP contribution < -0.4 is 0 Å². The van der Waals surface area contributed by atoms with E-state index in [1.165, 1.54) is 0 Å². The van der Waals surface area contributed by atoms with E-state index in [1.807, 2.05) is 31.2 Å². The van der Waals surface area contributed by atoms with Crippen molar-refractivity contribution in [2.24, 2.45) is 5.92 Å². The van der Waals surface area contributed by atoms with Gasteiger partial charge in [-0.15, -0.1) is 0 Å². The molecular weight excluding hydrogens is 278 g/mol. The van der Waals surface area contributed by atoms with Crippen LogP contribution in [0.15, 0.2) is 42.9 Å². The Bertz CT molecular complexity index is 660. The molecule has 114 valence electrons. The molecule has 0 radical (unpaired) electrons. The minimum atomic E-state index is -0.499. The van der Waals surface area contributed by atoms with E-state index in [9.17, 15) is 9.90 Å². The van der Waals surface area contributed by atoms with Gasteiger partial charge in [0, 0.05) is 37.6 Å². The largest absolute Gasteiger partial charge is 0.391 e. The molecule has 5 nitrogen and oxygen atoms in total. The first-order chi connectivity index (χ1) is 10.6. The van der Waals surface area contributed by atoms with E-state index in [1.54, 1.807) is 23.5 Å². The summed E-state index contributed by atoms with van der Waals surface area (Å²) in [6.07, 6.45) is 5.37. The van der Waals surface area contributed by atoms with Gasteiger partial charge in [0.2, 0.25) is 0 Å². The smallest absolute Gasteiger partial charge is 0.272 e. The summed E-state index contributed by atoms with van der Waals surface area (Å²) in [6, 6.07) is 7.58. The molecule has 0 bridgehead atoms. The monoisotopic (exact) mass is 297 g/mol. The average Bonchev–Trinajstić information content (AvgIpc) is 2.89. The summed E-state index contributed by atoms with van der Waals surface area (Å²) < 4.78 is 0. The number of aliphatic hydroxyl groups excluding tert-OH is 1. The molecule has 0 unspecified atom stereocenters. The molecule has 1 fully saturated rings. The van der Waals surface area contributed by atoms with Crippen LogP contribution >= 0.6 is 0 Å². The number of hydrogen-bond acceptors (Lipinski definition) is 4. The minimum absolute atomic E-state index is 0.0513. The second-order valence-electron chi connectivity index (χ2n) is 5.77. The van der Waals surface area contributed by atoms with Crippen molar-refractivity contribution in [3.63, 3.8) is 0 Å². The lowest BCUT2D eigenvalue weighted by Crippen LogP contribution is -2.30. The Labute approximate surface area is 129 Å². The zero-order valence-electron chi connectivity index (χ0n) is 12.5. The fourth-order valence-corrected chi connectivity index (χ4v) is 2.90. The van der Waals surface area contributed by atoms with Gasteiger partial charge in [-0.2, -0.15) is 0 Å². The van der Waals surface area contributed by atoms with E-state index >= 15 is 0 Å². The Kier molecular flexibility index (Phi) is 4.15. The molecule has 0 aromatic carbocycles. The molecule has 1 amide bonds. The predicted molar refractivity (Wildman–Crippen MR) is 82.3 cm³/mol. The van der Waals surface area contributed by atoms with Crippen LogP contribution in [0.2, 0.25) is 0 Å². The molecule has 22 heavy (non-hydrogen) atoms. The normalized spacial score (nSPS) is 21.1. The number of carbonyl (C=O) groups is 1. The van der Waals surface area contributed by atoms with E-state index in [0.29, 0.717) is 18.8 Å². The molecule has 3 rings (SSSR count). The van der Waals surface area contributed by atoms with Gasteiger partial charge in [-0.25, -0.2) is 0 Å². The Morgan fingerprint density at radius 3 is 2.77 bits per heavy atom. The van der Waals surface area contributed by atoms with E-state index in [0.717, 1.165) is 17.5 Å². The third-order valence-corrected chi connectivity index (χ3v) is 4.15. The highest BCUT2D eigenvalue weighted by atomic mass is 16.3. The Hall–Kier alpha value is -2.27. The van der Waals surface area contributed by atoms with Gasteiger partial charge in [0.1, 0.15) is 5.69 Å². The molecule has 0 saturated carbocycles. The van der Waals surface area contributed by atoms with Crippen molar-refractivity contribution in [1.29, 1.82) is 0 Å². The topological polar surface area (TPSA) is 66.3 Å². The molecular formula is C17H19N3O2. The lowest BCUT2D eigenvalue weighted by atomic mass is 9.97. The van der Waals surface area contributed by atoms with Crippen LogP contribution in [0, 0.1) is 12.8 Å². The van der Waals surface area contributed by atoms with Crippen LogP contribution in [0.1, 0.15) is 21.6 Å². The maximum Gasteiger partial charge on any atom is 0.272 e. The van der Waals surface area contributed by atoms with Gasteiger partial charge < -0.3 is 10.0 Å². The van der Waals surface area contributed by atoms with Crippen LogP contribution in [-0.2, 0) is 6.42 Å². The van der Waals surface area contributed by atoms with Crippen LogP contribution in [0.5, 0.6) is 0 Å². The first kappa shape index (κ1) is 14.7. The highest BCUT2D eigenvalue weighted by molar-refractivity contribution is 5.93. The molecule has 1 saturated heterocycles. The van der Waals surface area contributed by atoms with Gasteiger partial charge in [-0.05, 0) is 42.7 Å². The number of aromatic nitrogens is 2. The van der Waals surface area contributed by atoms with E-state index in [-0.39, 0.29) is 11.8 Å². The van der Waals surface area contributed by atoms with E-state index in [2.05, 4.69) is 9.97 Å². The third-order valence-electron chi connectivity index (χ3n) is 4.15. The number of aryl methyl sites for hydroxylation is 1. The maximum absolute atomic E-state index is 12.6. The number of nitrogens with zero attached hydrogens (tertiary/aromatic N) is 3. The Morgan fingerprint density at radius 2 is 2.05 bits per heavy atom. The van der Waals surface area contributed by atoms with Crippen molar-refractivity contribution in [3.8, 4) is 0 Å². The molecule has 1 aliphatic rings. The summed E-state index contributed by atoms with van der Waals surface area (Å²) >= 11 is 0. The molecule has 2 atom stereocenters. The number of pyridine rings is 2. The van der Waals surface area contributed by atoms with Crippen molar-refractivity contribution in [2.45, 2.75) is 19.4 Å². The van der Waals surface area contributed by atoms with Gasteiger partial charge in [-0.1, -0.05) is 6.07 Å². The van der Waals surface area contributed by atoms with Crippen molar-refractivity contribution in [3.05, 3.63) is 59.7 Å². The first-order valence-electron chi connectivity index (χ1n) is 7.43. The van der Waals surface area contributed by atoms with Crippen molar-refractivity contribution in [2.75, 3.05) is 13.1 Å². The highest BCUT2D eigenvalue weighted by Crippen LogP contribution is 2.23. The number of likely N-dealkylation sites (tertiary alicyclic amines) is 1. The van der Waals surface area contributed by atoms with Crippen molar-refractivity contribution in [1.82, 2.24) is 14.9 Å². The molecule has 0 aliphatic carbocycles. The summed E-state index contributed by atoms with van der Waals surface area (Å²) in [5.74, 6) is -0.0512. The SMILES string of the molecule is Cc1cccnc1C(=O)N1C[C@@H](Cc2ccncc2)[C@@H](O)C1. The fraction of sp³-hybridized carbons (Fsp3) is 0.353. The number of β-amino-alcohol motifs (C(OH)–C–C–N with tert-alkyl or cyclic N) is 1. The predicted octanol–water partition coefficient (Wildman–Crippen LogP) is 1.46. The molecule has 3 heterocycles. The molecule has 1 aliphatic heterocycles. The number of aliphatic hydroxyl groups is 1. The summed E-state index contributed by atoms with van der Waals surface area (Å²) in [4.78, 5) is 22.4. The zero-order valence-corrected chi connectivity index (χ0v) is 12.5. The summed E-state index contributed by atoms with van der Waals surface area (Å²) in [6.45, 7) is 2.80. The quantitative estimate of drug-likeness (QED) is 0.931. The van der Waals surface area contributed by atoms with Gasteiger partial charge in [-0.3, -0.25) is 14.8 Å². The van der Waals surface area contributed by atoms with Crippen LogP contribution in [0.4, 0.5) is 0 Å². The second kappa shape index (κ2) is 6.23. The Balaban J connectivity index is 1.70.